The number of esters is 2. The fraction of sp³-hybridized carbons (Fsp3) is 0.857. The largest absolute Gasteiger partial charge is 0.468 e. The quantitative estimate of drug-likeness (QED) is 0.693. The average Bonchev–Trinajstić information content (AvgIpc) is 2.72. The van der Waals surface area contributed by atoms with Gasteiger partial charge in [0.1, 0.15) is 6.04 Å². The van der Waals surface area contributed by atoms with Crippen molar-refractivity contribution >= 4 is 11.9 Å². The van der Waals surface area contributed by atoms with Crippen LogP contribution >= 0.6 is 0 Å². The van der Waals surface area contributed by atoms with Crippen LogP contribution in [0.3, 0.4) is 0 Å². The van der Waals surface area contributed by atoms with Crippen molar-refractivity contribution in [3.8, 4) is 0 Å². The highest BCUT2D eigenvalue weighted by Crippen LogP contribution is 2.37. The first-order chi connectivity index (χ1) is 9.73. The zero-order valence-corrected chi connectivity index (χ0v) is 13.1. The van der Waals surface area contributed by atoms with Gasteiger partial charge in [-0.3, -0.25) is 9.59 Å². The standard InChI is InChI=1S/C14H25NO6/c1-5-19-11(16)6-7-14(8-10(15)12(17)18-4)9-20-13(2,3)21-14/h10H,5-9,15H2,1-4H3/t10-,14-/m0/s1. The van der Waals surface area contributed by atoms with E-state index in [1.807, 2.05) is 0 Å². The fourth-order valence-corrected chi connectivity index (χ4v) is 2.41. The van der Waals surface area contributed by atoms with Crippen LogP contribution in [-0.2, 0) is 28.5 Å². The summed E-state index contributed by atoms with van der Waals surface area (Å²) in [4.78, 5) is 23.0. The van der Waals surface area contributed by atoms with Gasteiger partial charge in [-0.15, -0.1) is 0 Å². The van der Waals surface area contributed by atoms with Crippen molar-refractivity contribution in [1.82, 2.24) is 0 Å². The van der Waals surface area contributed by atoms with E-state index in [2.05, 4.69) is 4.74 Å². The third-order valence-corrected chi connectivity index (χ3v) is 3.33. The van der Waals surface area contributed by atoms with Gasteiger partial charge in [0.05, 0.1) is 25.9 Å². The van der Waals surface area contributed by atoms with E-state index in [-0.39, 0.29) is 25.4 Å². The minimum atomic E-state index is -0.824. The molecule has 7 nitrogen and oxygen atoms in total. The molecular weight excluding hydrogens is 278 g/mol. The van der Waals surface area contributed by atoms with Gasteiger partial charge in [0.2, 0.25) is 0 Å². The molecular formula is C14H25NO6. The van der Waals surface area contributed by atoms with Crippen molar-refractivity contribution in [3.63, 3.8) is 0 Å². The Morgan fingerprint density at radius 3 is 2.52 bits per heavy atom. The molecule has 0 aromatic carbocycles. The predicted octanol–water partition coefficient (Wildman–Crippen LogP) is 0.742. The van der Waals surface area contributed by atoms with Gasteiger partial charge in [0, 0.05) is 12.8 Å². The molecule has 122 valence electrons. The van der Waals surface area contributed by atoms with E-state index in [1.165, 1.54) is 7.11 Å². The Morgan fingerprint density at radius 1 is 1.38 bits per heavy atom. The van der Waals surface area contributed by atoms with Gasteiger partial charge in [-0.25, -0.2) is 0 Å². The Morgan fingerprint density at radius 2 is 2.05 bits per heavy atom. The van der Waals surface area contributed by atoms with Crippen LogP contribution in [0.4, 0.5) is 0 Å². The summed E-state index contributed by atoms with van der Waals surface area (Å²) in [5.41, 5.74) is 5.03. The Hall–Kier alpha value is -1.18. The summed E-state index contributed by atoms with van der Waals surface area (Å²) in [6.07, 6.45) is 0.781. The molecule has 1 rings (SSSR count). The Labute approximate surface area is 125 Å². The molecule has 0 radical (unpaired) electrons. The second-order valence-corrected chi connectivity index (χ2v) is 5.61. The molecule has 0 aromatic heterocycles. The molecule has 1 fully saturated rings. The highest BCUT2D eigenvalue weighted by molar-refractivity contribution is 5.75. The van der Waals surface area contributed by atoms with Crippen LogP contribution < -0.4 is 5.73 Å². The topological polar surface area (TPSA) is 97.1 Å². The Balaban J connectivity index is 2.72. The summed E-state index contributed by atoms with van der Waals surface area (Å²) >= 11 is 0. The minimum Gasteiger partial charge on any atom is -0.468 e. The van der Waals surface area contributed by atoms with Crippen LogP contribution in [0.15, 0.2) is 0 Å². The number of methoxy groups -OCH3 is 1. The molecule has 0 aliphatic carbocycles. The molecule has 1 heterocycles. The smallest absolute Gasteiger partial charge is 0.322 e. The van der Waals surface area contributed by atoms with Gasteiger partial charge >= 0.3 is 11.9 Å². The number of carbonyl (C=O) groups excluding carboxylic acids is 2. The Kier molecular flexibility index (Phi) is 6.12. The third-order valence-electron chi connectivity index (χ3n) is 3.33. The molecule has 0 saturated carbocycles. The normalized spacial score (nSPS) is 25.4. The highest BCUT2D eigenvalue weighted by atomic mass is 16.8. The Bertz CT molecular complexity index is 384. The number of carbonyl (C=O) groups is 2. The van der Waals surface area contributed by atoms with E-state index in [9.17, 15) is 9.59 Å². The summed E-state index contributed by atoms with van der Waals surface area (Å²) in [7, 11) is 1.28. The van der Waals surface area contributed by atoms with Crippen molar-refractivity contribution in [2.45, 2.75) is 57.5 Å². The summed E-state index contributed by atoms with van der Waals surface area (Å²) in [6.45, 7) is 5.91. The fourth-order valence-electron chi connectivity index (χ4n) is 2.41. The maximum atomic E-state index is 11.5. The summed E-state index contributed by atoms with van der Waals surface area (Å²) in [6, 6.07) is -0.824. The summed E-state index contributed by atoms with van der Waals surface area (Å²) < 4.78 is 21.0. The van der Waals surface area contributed by atoms with Crippen LogP contribution in [0.1, 0.15) is 40.0 Å². The van der Waals surface area contributed by atoms with Crippen LogP contribution in [0, 0.1) is 0 Å². The molecule has 0 aromatic rings. The maximum absolute atomic E-state index is 11.5. The lowest BCUT2D eigenvalue weighted by Gasteiger charge is -2.30. The first-order valence-electron chi connectivity index (χ1n) is 7.07. The molecule has 0 spiro atoms. The van der Waals surface area contributed by atoms with Gasteiger partial charge in [-0.2, -0.15) is 0 Å². The number of hydrogen-bond acceptors (Lipinski definition) is 7. The minimum absolute atomic E-state index is 0.182. The molecule has 2 N–H and O–H groups in total. The van der Waals surface area contributed by atoms with Crippen molar-refractivity contribution < 1.29 is 28.5 Å². The van der Waals surface area contributed by atoms with Crippen molar-refractivity contribution in [2.24, 2.45) is 5.73 Å². The SMILES string of the molecule is CCOC(=O)CC[C@]1(C[C@H](N)C(=O)OC)COC(C)(C)O1. The molecule has 0 bridgehead atoms. The van der Waals surface area contributed by atoms with Gasteiger partial charge < -0.3 is 24.7 Å². The van der Waals surface area contributed by atoms with Crippen LogP contribution in [0.25, 0.3) is 0 Å². The number of ether oxygens (including phenoxy) is 4. The predicted molar refractivity (Wildman–Crippen MR) is 74.3 cm³/mol. The monoisotopic (exact) mass is 303 g/mol. The van der Waals surface area contributed by atoms with Crippen molar-refractivity contribution in [1.29, 1.82) is 0 Å². The van der Waals surface area contributed by atoms with Crippen molar-refractivity contribution in [2.75, 3.05) is 20.3 Å². The van der Waals surface area contributed by atoms with E-state index < -0.39 is 23.4 Å². The molecule has 0 unspecified atom stereocenters. The van der Waals surface area contributed by atoms with Gasteiger partial charge in [-0.1, -0.05) is 0 Å². The summed E-state index contributed by atoms with van der Waals surface area (Å²) in [5.74, 6) is -1.60. The zero-order chi connectivity index (χ0) is 16.1. The second-order valence-electron chi connectivity index (χ2n) is 5.61. The average molecular weight is 303 g/mol. The number of hydrogen-bond donors (Lipinski definition) is 1. The van der Waals surface area contributed by atoms with Crippen molar-refractivity contribution in [3.05, 3.63) is 0 Å². The van der Waals surface area contributed by atoms with E-state index in [4.69, 9.17) is 19.9 Å². The maximum Gasteiger partial charge on any atom is 0.322 e. The van der Waals surface area contributed by atoms with Crippen LogP contribution in [-0.4, -0.2) is 49.7 Å². The first kappa shape index (κ1) is 17.9. The first-order valence-corrected chi connectivity index (χ1v) is 7.07. The number of rotatable bonds is 7. The molecule has 1 aliphatic heterocycles. The molecule has 0 amide bonds. The van der Waals surface area contributed by atoms with Gasteiger partial charge in [0.15, 0.2) is 5.79 Å². The second kappa shape index (κ2) is 7.20. The van der Waals surface area contributed by atoms with Crippen LogP contribution in [0.2, 0.25) is 0 Å². The lowest BCUT2D eigenvalue weighted by molar-refractivity contribution is -0.170. The lowest BCUT2D eigenvalue weighted by Crippen LogP contribution is -2.44. The van der Waals surface area contributed by atoms with E-state index in [0.717, 1.165) is 0 Å². The van der Waals surface area contributed by atoms with E-state index >= 15 is 0 Å². The molecule has 2 atom stereocenters. The summed E-state index contributed by atoms with van der Waals surface area (Å²) in [5, 5.41) is 0. The molecule has 21 heavy (non-hydrogen) atoms. The van der Waals surface area contributed by atoms with E-state index in [0.29, 0.717) is 13.0 Å². The molecule has 1 aliphatic rings. The van der Waals surface area contributed by atoms with E-state index in [1.54, 1.807) is 20.8 Å². The zero-order valence-electron chi connectivity index (χ0n) is 13.1. The van der Waals surface area contributed by atoms with Gasteiger partial charge in [-0.05, 0) is 27.2 Å². The van der Waals surface area contributed by atoms with Gasteiger partial charge in [0.25, 0.3) is 0 Å². The molecule has 1 saturated heterocycles. The molecule has 7 heteroatoms. The third kappa shape index (κ3) is 5.26. The lowest BCUT2D eigenvalue weighted by atomic mass is 9.90. The highest BCUT2D eigenvalue weighted by Gasteiger charge is 2.47. The number of nitrogens with two attached hydrogens (primary N) is 1. The van der Waals surface area contributed by atoms with Crippen LogP contribution in [0.5, 0.6) is 0 Å².